The molecule has 13 heavy (non-hydrogen) atoms. The highest BCUT2D eigenvalue weighted by Crippen LogP contribution is 2.04. The third-order valence-corrected chi connectivity index (χ3v) is 1.73. The molecule has 0 aliphatic rings. The van der Waals surface area contributed by atoms with Crippen molar-refractivity contribution in [2.45, 2.75) is 40.7 Å². The van der Waals surface area contributed by atoms with Crippen LogP contribution < -0.4 is 5.32 Å². The van der Waals surface area contributed by atoms with E-state index >= 15 is 0 Å². The van der Waals surface area contributed by atoms with Crippen LogP contribution in [0.4, 0.5) is 0 Å². The second-order valence-electron chi connectivity index (χ2n) is 2.98. The third-order valence-electron chi connectivity index (χ3n) is 1.73. The van der Waals surface area contributed by atoms with Gasteiger partial charge in [-0.15, -0.1) is 0 Å². The highest BCUT2D eigenvalue weighted by atomic mass is 14.9. The van der Waals surface area contributed by atoms with Crippen molar-refractivity contribution in [2.24, 2.45) is 0 Å². The minimum absolute atomic E-state index is 0. The van der Waals surface area contributed by atoms with Gasteiger partial charge in [0.15, 0.2) is 0 Å². The van der Waals surface area contributed by atoms with Gasteiger partial charge in [-0.2, -0.15) is 0 Å². The molecule has 0 fully saturated rings. The van der Waals surface area contributed by atoms with Crippen molar-refractivity contribution in [2.75, 3.05) is 0 Å². The van der Waals surface area contributed by atoms with Crippen LogP contribution >= 0.6 is 0 Å². The zero-order valence-electron chi connectivity index (χ0n) is 8.35. The molecule has 0 rings (SSSR count). The average Bonchev–Trinajstić information content (AvgIpc) is 2.00. The second-order valence-corrected chi connectivity index (χ2v) is 2.98. The molecule has 0 spiro atoms. The lowest BCUT2D eigenvalue weighted by atomic mass is 10.1. The van der Waals surface area contributed by atoms with E-state index in [-0.39, 0.29) is 7.43 Å². The molecule has 0 heterocycles. The van der Waals surface area contributed by atoms with Crippen LogP contribution in [0.2, 0.25) is 0 Å². The van der Waals surface area contributed by atoms with E-state index in [2.05, 4.69) is 25.4 Å². The lowest BCUT2D eigenvalue weighted by molar-refractivity contribution is 0.630. The van der Waals surface area contributed by atoms with Gasteiger partial charge in [-0.3, -0.25) is 0 Å². The van der Waals surface area contributed by atoms with Crippen molar-refractivity contribution in [1.29, 1.82) is 0 Å². The Bertz CT molecular complexity index is 189. The molecule has 0 radical (unpaired) electrons. The van der Waals surface area contributed by atoms with E-state index in [9.17, 15) is 0 Å². The predicted octanol–water partition coefficient (Wildman–Crippen LogP) is 3.66. The van der Waals surface area contributed by atoms with Crippen molar-refractivity contribution in [3.05, 3.63) is 36.6 Å². The fourth-order valence-corrected chi connectivity index (χ4v) is 1.05. The highest BCUT2D eigenvalue weighted by Gasteiger charge is 2.04. The first kappa shape index (κ1) is 14.5. The van der Waals surface area contributed by atoms with Gasteiger partial charge < -0.3 is 5.32 Å². The minimum Gasteiger partial charge on any atom is -0.379 e. The summed E-state index contributed by atoms with van der Waals surface area (Å²) in [6.07, 6.45) is 4.98. The smallest absolute Gasteiger partial charge is 0.0465 e. The number of allylic oxidation sites excluding steroid dienone is 2. The molecule has 0 aromatic heterocycles. The largest absolute Gasteiger partial charge is 0.379 e. The van der Waals surface area contributed by atoms with E-state index < -0.39 is 0 Å². The van der Waals surface area contributed by atoms with Crippen LogP contribution in [-0.4, -0.2) is 6.04 Å². The molecule has 1 N–H and O–H groups in total. The molecule has 0 aliphatic carbocycles. The summed E-state index contributed by atoms with van der Waals surface area (Å²) >= 11 is 0. The van der Waals surface area contributed by atoms with Crippen molar-refractivity contribution in [1.82, 2.24) is 5.32 Å². The van der Waals surface area contributed by atoms with E-state index in [0.29, 0.717) is 6.04 Å². The summed E-state index contributed by atoms with van der Waals surface area (Å²) in [6, 6.07) is 0.355. The molecular formula is C12H23N. The Balaban J connectivity index is 0. The lowest BCUT2D eigenvalue weighted by Crippen LogP contribution is -2.27. The molecule has 0 aromatic rings. The van der Waals surface area contributed by atoms with Crippen molar-refractivity contribution in [3.63, 3.8) is 0 Å². The van der Waals surface area contributed by atoms with Crippen LogP contribution in [0.25, 0.3) is 0 Å². The number of nitrogens with one attached hydrogen (secondary N) is 1. The maximum Gasteiger partial charge on any atom is 0.0465 e. The first-order chi connectivity index (χ1) is 5.61. The van der Waals surface area contributed by atoms with Crippen molar-refractivity contribution < 1.29 is 0 Å². The van der Waals surface area contributed by atoms with Gasteiger partial charge in [-0.1, -0.05) is 39.2 Å². The van der Waals surface area contributed by atoms with Crippen molar-refractivity contribution >= 4 is 0 Å². The summed E-state index contributed by atoms with van der Waals surface area (Å²) < 4.78 is 0. The second kappa shape index (κ2) is 7.66. The van der Waals surface area contributed by atoms with E-state index in [1.165, 1.54) is 0 Å². The molecule has 0 aromatic carbocycles. The molecule has 0 amide bonds. The third kappa shape index (κ3) is 6.21. The monoisotopic (exact) mass is 181 g/mol. The maximum absolute atomic E-state index is 3.91. The lowest BCUT2D eigenvalue weighted by Gasteiger charge is -2.18. The van der Waals surface area contributed by atoms with Crippen molar-refractivity contribution in [3.8, 4) is 0 Å². The van der Waals surface area contributed by atoms with Crippen LogP contribution in [0.1, 0.15) is 34.6 Å². The SMILES string of the molecule is C.C=C(/C=C/C)NC(CC)C(=C)C. The number of hydrogen-bond donors (Lipinski definition) is 1. The Morgan fingerprint density at radius 2 is 2.00 bits per heavy atom. The van der Waals surface area contributed by atoms with Gasteiger partial charge in [0.25, 0.3) is 0 Å². The first-order valence-corrected chi connectivity index (χ1v) is 4.35. The summed E-state index contributed by atoms with van der Waals surface area (Å²) in [7, 11) is 0. The van der Waals surface area contributed by atoms with Crippen LogP contribution in [0.15, 0.2) is 36.6 Å². The van der Waals surface area contributed by atoms with Crippen LogP contribution in [0.3, 0.4) is 0 Å². The van der Waals surface area contributed by atoms with Gasteiger partial charge >= 0.3 is 0 Å². The topological polar surface area (TPSA) is 12.0 Å². The van der Waals surface area contributed by atoms with E-state index in [1.807, 2.05) is 26.0 Å². The maximum atomic E-state index is 3.91. The summed E-state index contributed by atoms with van der Waals surface area (Å²) in [4.78, 5) is 0. The Kier molecular flexibility index (Phi) is 8.56. The quantitative estimate of drug-likeness (QED) is 0.504. The fourth-order valence-electron chi connectivity index (χ4n) is 1.05. The predicted molar refractivity (Wildman–Crippen MR) is 62.7 cm³/mol. The van der Waals surface area contributed by atoms with Gasteiger partial charge in [0, 0.05) is 11.7 Å². The number of rotatable bonds is 5. The zero-order valence-corrected chi connectivity index (χ0v) is 8.35. The Morgan fingerprint density at radius 3 is 2.31 bits per heavy atom. The first-order valence-electron chi connectivity index (χ1n) is 4.35. The minimum atomic E-state index is 0. The fraction of sp³-hybridized carbons (Fsp3) is 0.500. The zero-order chi connectivity index (χ0) is 9.56. The van der Waals surface area contributed by atoms with Crippen LogP contribution in [0.5, 0.6) is 0 Å². The standard InChI is InChI=1S/C11H19N.CH4/c1-6-8-10(5)12-11(7-2)9(3)4;/h6,8,11-12H,3,5,7H2,1-2,4H3;1H4/b8-6+;. The average molecular weight is 181 g/mol. The van der Waals surface area contributed by atoms with Gasteiger partial charge in [0.2, 0.25) is 0 Å². The molecular weight excluding hydrogens is 158 g/mol. The molecule has 1 atom stereocenters. The summed E-state index contributed by atoms with van der Waals surface area (Å²) in [5.41, 5.74) is 2.11. The molecule has 0 bridgehead atoms. The highest BCUT2D eigenvalue weighted by molar-refractivity contribution is 5.16. The molecule has 1 heteroatoms. The Labute approximate surface area is 83.2 Å². The molecule has 0 aliphatic heterocycles. The normalized spacial score (nSPS) is 11.9. The van der Waals surface area contributed by atoms with Gasteiger partial charge in [0.05, 0.1) is 0 Å². The van der Waals surface area contributed by atoms with Gasteiger partial charge in [-0.25, -0.2) is 0 Å². The molecule has 1 unspecified atom stereocenters. The molecule has 0 saturated heterocycles. The van der Waals surface area contributed by atoms with E-state index in [1.54, 1.807) is 0 Å². The summed E-state index contributed by atoms with van der Waals surface area (Å²) in [5.74, 6) is 0. The van der Waals surface area contributed by atoms with Gasteiger partial charge in [-0.05, 0) is 26.3 Å². The Morgan fingerprint density at radius 1 is 1.46 bits per heavy atom. The van der Waals surface area contributed by atoms with E-state index in [0.717, 1.165) is 17.7 Å². The van der Waals surface area contributed by atoms with Crippen LogP contribution in [-0.2, 0) is 0 Å². The number of hydrogen-bond acceptors (Lipinski definition) is 1. The molecule has 0 saturated carbocycles. The van der Waals surface area contributed by atoms with Crippen LogP contribution in [0, 0.1) is 0 Å². The van der Waals surface area contributed by atoms with Gasteiger partial charge in [0.1, 0.15) is 0 Å². The molecule has 1 nitrogen and oxygen atoms in total. The molecule has 76 valence electrons. The Hall–Kier alpha value is -0.980. The summed E-state index contributed by atoms with van der Waals surface area (Å²) in [6.45, 7) is 13.9. The summed E-state index contributed by atoms with van der Waals surface area (Å²) in [5, 5.41) is 3.29. The van der Waals surface area contributed by atoms with E-state index in [4.69, 9.17) is 0 Å².